The minimum Gasteiger partial charge on any atom is -0.554 e. The summed E-state index contributed by atoms with van der Waals surface area (Å²) in [6.07, 6.45) is 0. The molecule has 0 fully saturated rings. The van der Waals surface area contributed by atoms with Crippen LogP contribution in [-0.2, 0) is 4.74 Å². The van der Waals surface area contributed by atoms with Gasteiger partial charge in [0.2, 0.25) is 0 Å². The second kappa shape index (κ2) is 7.47. The number of ether oxygens (including phenoxy) is 4. The van der Waals surface area contributed by atoms with E-state index in [4.69, 9.17) is 18.9 Å². The monoisotopic (exact) mass is 204 g/mol. The fraction of sp³-hybridized carbons (Fsp3) is 0.400. The molecule has 0 N–H and O–H groups in total. The second-order valence-electron chi connectivity index (χ2n) is 2.49. The van der Waals surface area contributed by atoms with Crippen LogP contribution in [-0.4, -0.2) is 28.1 Å². The zero-order valence-electron chi connectivity index (χ0n) is 9.49. The quantitative estimate of drug-likeness (QED) is 0.332. The average molecular weight is 204 g/mol. The molecule has 0 atom stereocenters. The molecule has 0 saturated heterocycles. The smallest absolute Gasteiger partial charge is 0.554 e. The van der Waals surface area contributed by atoms with Gasteiger partial charge >= 0.3 is 18.9 Å². The van der Waals surface area contributed by atoms with Gasteiger partial charge in [0.25, 0.3) is 0 Å². The van der Waals surface area contributed by atoms with Crippen LogP contribution in [0.4, 0.5) is 0 Å². The van der Waals surface area contributed by atoms with E-state index in [0.717, 1.165) is 0 Å². The van der Waals surface area contributed by atoms with Crippen LogP contribution >= 0.6 is 0 Å². The summed E-state index contributed by atoms with van der Waals surface area (Å²) in [6, 6.07) is 6.29. The first kappa shape index (κ1) is 14.2. The van der Waals surface area contributed by atoms with Gasteiger partial charge in [-0.1, -0.05) is 6.07 Å². The summed E-state index contributed by atoms with van der Waals surface area (Å²) in [5, 5.41) is 0. The molecule has 0 aromatic heterocycles. The van der Waals surface area contributed by atoms with E-state index in [1.165, 1.54) is 0 Å². The zero-order valence-corrected chi connectivity index (χ0v) is 9.49. The van der Waals surface area contributed by atoms with Crippen LogP contribution < -0.4 is 33.1 Å². The molecule has 4 nitrogen and oxygen atoms in total. The summed E-state index contributed by atoms with van der Waals surface area (Å²) in [4.78, 5) is 0. The summed E-state index contributed by atoms with van der Waals surface area (Å²) < 4.78 is 20.1. The first-order valence-corrected chi connectivity index (χ1v) is 4.07. The predicted molar refractivity (Wildman–Crippen MR) is 50.9 cm³/mol. The van der Waals surface area contributed by atoms with Crippen LogP contribution in [0.3, 0.4) is 0 Å². The van der Waals surface area contributed by atoms with E-state index in [-0.39, 0.29) is 25.7 Å². The Hall–Kier alpha value is -0.823. The van der Waals surface area contributed by atoms with Crippen molar-refractivity contribution in [2.24, 2.45) is 0 Å². The molecule has 0 bridgehead atoms. The summed E-state index contributed by atoms with van der Waals surface area (Å²) in [6.45, 7) is 0.166. The molecule has 0 heterocycles. The minimum atomic E-state index is 0. The van der Waals surface area contributed by atoms with Crippen molar-refractivity contribution in [1.29, 1.82) is 0 Å². The number of methoxy groups -OCH3 is 3. The van der Waals surface area contributed by atoms with E-state index in [0.29, 0.717) is 17.2 Å². The topological polar surface area (TPSA) is 36.9 Å². The van der Waals surface area contributed by atoms with E-state index in [2.05, 4.69) is 6.07 Å². The maximum absolute atomic E-state index is 5.22. The number of rotatable bonds is 5. The van der Waals surface area contributed by atoms with Crippen molar-refractivity contribution in [1.82, 2.24) is 0 Å². The Morgan fingerprint density at radius 1 is 1.20 bits per heavy atom. The summed E-state index contributed by atoms with van der Waals surface area (Å²) in [5.41, 5.74) is 0. The fourth-order valence-electron chi connectivity index (χ4n) is 0.944. The Morgan fingerprint density at radius 3 is 2.47 bits per heavy atom. The van der Waals surface area contributed by atoms with Gasteiger partial charge in [0.1, 0.15) is 0 Å². The van der Waals surface area contributed by atoms with Crippen LogP contribution in [0, 0.1) is 6.07 Å². The molecule has 0 radical (unpaired) electrons. The van der Waals surface area contributed by atoms with Crippen molar-refractivity contribution >= 4 is 0 Å². The Labute approximate surface area is 102 Å². The molecule has 0 amide bonds. The molecule has 5 heteroatoms. The van der Waals surface area contributed by atoms with Crippen molar-refractivity contribution in [3.63, 3.8) is 0 Å². The molecule has 0 saturated carbocycles. The second-order valence-corrected chi connectivity index (χ2v) is 2.49. The Bertz CT molecular complexity index is 291. The third kappa shape index (κ3) is 4.04. The first-order valence-electron chi connectivity index (χ1n) is 4.07. The zero-order chi connectivity index (χ0) is 10.4. The Kier molecular flexibility index (Phi) is 7.06. The minimum absolute atomic E-state index is 0. The van der Waals surface area contributed by atoms with Crippen LogP contribution in [0.25, 0.3) is 0 Å². The van der Waals surface area contributed by atoms with Gasteiger partial charge in [0.15, 0.2) is 6.79 Å². The average Bonchev–Trinajstić information content (AvgIpc) is 2.26. The molecule has 1 aromatic carbocycles. The Morgan fingerprint density at radius 2 is 1.93 bits per heavy atom. The maximum Gasteiger partial charge on any atom is 1.00 e. The summed E-state index contributed by atoms with van der Waals surface area (Å²) in [5.74, 6) is 1.75. The number of hydrogen-bond acceptors (Lipinski definition) is 4. The van der Waals surface area contributed by atoms with Crippen LogP contribution in [0.15, 0.2) is 12.1 Å². The van der Waals surface area contributed by atoms with E-state index in [9.17, 15) is 0 Å². The van der Waals surface area contributed by atoms with Gasteiger partial charge in [-0.05, 0) is 0 Å². The van der Waals surface area contributed by atoms with Gasteiger partial charge in [0, 0.05) is 12.9 Å². The van der Waals surface area contributed by atoms with Gasteiger partial charge in [-0.15, -0.1) is 12.1 Å². The molecule has 0 unspecified atom stereocenters. The van der Waals surface area contributed by atoms with Gasteiger partial charge in [-0.2, -0.15) is 0 Å². The van der Waals surface area contributed by atoms with Crippen molar-refractivity contribution in [3.8, 4) is 17.2 Å². The van der Waals surface area contributed by atoms with Crippen LogP contribution in [0.2, 0.25) is 0 Å². The van der Waals surface area contributed by atoms with Gasteiger partial charge < -0.3 is 18.9 Å². The molecular weight excluding hydrogens is 191 g/mol. The third-order valence-electron chi connectivity index (χ3n) is 1.62. The third-order valence-corrected chi connectivity index (χ3v) is 1.62. The predicted octanol–water partition coefficient (Wildman–Crippen LogP) is -1.51. The first-order chi connectivity index (χ1) is 6.81. The molecular formula is C10H13LiO4. The van der Waals surface area contributed by atoms with E-state index < -0.39 is 0 Å². The Balaban J connectivity index is 0.00000196. The summed E-state index contributed by atoms with van der Waals surface area (Å²) in [7, 11) is 4.69. The van der Waals surface area contributed by atoms with Crippen LogP contribution in [0.1, 0.15) is 0 Å². The van der Waals surface area contributed by atoms with Crippen molar-refractivity contribution in [2.45, 2.75) is 0 Å². The van der Waals surface area contributed by atoms with Crippen LogP contribution in [0.5, 0.6) is 17.2 Å². The van der Waals surface area contributed by atoms with E-state index in [1.807, 2.05) is 0 Å². The van der Waals surface area contributed by atoms with E-state index in [1.54, 1.807) is 33.5 Å². The molecule has 15 heavy (non-hydrogen) atoms. The van der Waals surface area contributed by atoms with Crippen molar-refractivity contribution in [3.05, 3.63) is 18.2 Å². The normalized spacial score (nSPS) is 9.00. The summed E-state index contributed by atoms with van der Waals surface area (Å²) >= 11 is 0. The van der Waals surface area contributed by atoms with E-state index >= 15 is 0 Å². The standard InChI is InChI=1S/C10H13O4.Li/c1-11-7-14-9-5-4-8(12-2)6-10(9)13-3;/h4,6H,7H2,1-3H3;/q-1;+1. The number of hydrogen-bond donors (Lipinski definition) is 0. The van der Waals surface area contributed by atoms with Crippen molar-refractivity contribution in [2.75, 3.05) is 28.1 Å². The SMILES string of the molecule is COCOc1[c-]cc(OC)cc1OC.[Li+]. The molecule has 78 valence electrons. The maximum atomic E-state index is 5.22. The molecule has 1 aromatic rings. The molecule has 0 aliphatic rings. The largest absolute Gasteiger partial charge is 1.00 e. The molecule has 1 rings (SSSR count). The van der Waals surface area contributed by atoms with Gasteiger partial charge in [0.05, 0.1) is 25.7 Å². The molecule has 0 spiro atoms. The van der Waals surface area contributed by atoms with Gasteiger partial charge in [-0.25, -0.2) is 0 Å². The molecule has 0 aliphatic heterocycles. The fourth-order valence-corrected chi connectivity index (χ4v) is 0.944. The van der Waals surface area contributed by atoms with Gasteiger partial charge in [-0.3, -0.25) is 0 Å². The number of benzene rings is 1. The van der Waals surface area contributed by atoms with Crippen molar-refractivity contribution < 1.29 is 37.8 Å². The molecule has 0 aliphatic carbocycles.